The van der Waals surface area contributed by atoms with Gasteiger partial charge in [-0.3, -0.25) is 4.79 Å². The lowest BCUT2D eigenvalue weighted by Gasteiger charge is -2.03. The van der Waals surface area contributed by atoms with Crippen LogP contribution in [0.5, 0.6) is 0 Å². The topological polar surface area (TPSA) is 63.3 Å². The van der Waals surface area contributed by atoms with E-state index in [1.54, 1.807) is 0 Å². The average molecular weight is 355 g/mol. The number of oxazole rings is 1. The fourth-order valence-corrected chi connectivity index (χ4v) is 2.07. The van der Waals surface area contributed by atoms with E-state index in [-0.39, 0.29) is 0 Å². The van der Waals surface area contributed by atoms with Gasteiger partial charge in [0.1, 0.15) is 5.69 Å². The van der Waals surface area contributed by atoms with Crippen LogP contribution in [0.25, 0.3) is 22.6 Å². The zero-order valence-corrected chi connectivity index (χ0v) is 15.3. The first-order valence-corrected chi connectivity index (χ1v) is 8.38. The second-order valence-electron chi connectivity index (χ2n) is 5.78. The number of rotatable bonds is 3. The number of aliphatic carboxylic acids is 1. The third-order valence-electron chi connectivity index (χ3n) is 3.56. The Morgan fingerprint density at radius 2 is 1.44 bits per heavy atom. The van der Waals surface area contributed by atoms with Crippen molar-refractivity contribution in [3.63, 3.8) is 0 Å². The van der Waals surface area contributed by atoms with Crippen LogP contribution in [0, 0.1) is 13.8 Å². The van der Waals surface area contributed by atoms with Gasteiger partial charge in [0.15, 0.2) is 12.2 Å². The second-order valence-corrected chi connectivity index (χ2v) is 6.55. The maximum Gasteiger partial charge on any atom is 0.316 e. The second kappa shape index (κ2) is 8.53. The minimum Gasteiger partial charge on any atom is -0.480 e. The summed E-state index contributed by atoms with van der Waals surface area (Å²) in [5.41, 5.74) is 5.50. The largest absolute Gasteiger partial charge is 0.480 e. The first-order chi connectivity index (χ1) is 11.9. The molecule has 5 heteroatoms. The van der Waals surface area contributed by atoms with Crippen LogP contribution in [0.1, 0.15) is 18.1 Å². The predicted molar refractivity (Wildman–Crippen MR) is 103 cm³/mol. The van der Waals surface area contributed by atoms with Gasteiger partial charge >= 0.3 is 5.97 Å². The molecule has 0 spiro atoms. The monoisotopic (exact) mass is 355 g/mol. The molecule has 0 saturated heterocycles. The van der Waals surface area contributed by atoms with Crippen molar-refractivity contribution in [1.82, 2.24) is 4.98 Å². The Bertz CT molecular complexity index is 761. The van der Waals surface area contributed by atoms with Crippen molar-refractivity contribution < 1.29 is 14.3 Å². The fourth-order valence-electron chi connectivity index (χ4n) is 2.07. The summed E-state index contributed by atoms with van der Waals surface area (Å²) in [6.07, 6.45) is 1.50. The summed E-state index contributed by atoms with van der Waals surface area (Å²) in [5.74, 6) is -0.0535. The minimum atomic E-state index is -0.877. The van der Waals surface area contributed by atoms with E-state index >= 15 is 0 Å². The zero-order valence-electron chi connectivity index (χ0n) is 14.4. The molecule has 4 nitrogen and oxygen atoms in total. The van der Waals surface area contributed by atoms with E-state index in [9.17, 15) is 4.79 Å². The maximum atomic E-state index is 9.62. The summed E-state index contributed by atoms with van der Waals surface area (Å²) in [4.78, 5) is 14.0. The molecule has 0 bridgehead atoms. The molecule has 1 aromatic heterocycles. The molecule has 0 aliphatic heterocycles. The number of hydrogen-bond donors (Lipinski definition) is 2. The van der Waals surface area contributed by atoms with Crippen LogP contribution < -0.4 is 0 Å². The van der Waals surface area contributed by atoms with E-state index in [4.69, 9.17) is 9.52 Å². The number of aromatic nitrogens is 1. The van der Waals surface area contributed by atoms with Gasteiger partial charge in [-0.25, -0.2) is 4.98 Å². The number of benzene rings is 2. The van der Waals surface area contributed by atoms with Crippen LogP contribution in [0.3, 0.4) is 0 Å². The lowest BCUT2D eigenvalue weighted by molar-refractivity contribution is -0.136. The van der Waals surface area contributed by atoms with Gasteiger partial charge in [0, 0.05) is 11.1 Å². The van der Waals surface area contributed by atoms with Gasteiger partial charge in [-0.15, -0.1) is 0 Å². The minimum absolute atomic E-state index is 0.537. The van der Waals surface area contributed by atoms with Crippen molar-refractivity contribution in [1.29, 1.82) is 0 Å². The highest BCUT2D eigenvalue weighted by Crippen LogP contribution is 2.31. The Morgan fingerprint density at radius 1 is 1.00 bits per heavy atom. The summed E-state index contributed by atoms with van der Waals surface area (Å²) >= 11 is 3.59. The first-order valence-electron chi connectivity index (χ1n) is 7.87. The number of thiol groups is 1. The van der Waals surface area contributed by atoms with E-state index in [1.807, 2.05) is 0 Å². The molecule has 1 atom stereocenters. The first kappa shape index (κ1) is 18.8. The van der Waals surface area contributed by atoms with Gasteiger partial charge in [0.25, 0.3) is 0 Å². The highest BCUT2D eigenvalue weighted by atomic mass is 32.1. The summed E-state index contributed by atoms with van der Waals surface area (Å²) in [7, 11) is 0. The molecule has 1 N–H and O–H groups in total. The third kappa shape index (κ3) is 5.22. The maximum absolute atomic E-state index is 9.62. The normalized spacial score (nSPS) is 11.4. The van der Waals surface area contributed by atoms with Gasteiger partial charge in [0.05, 0.1) is 5.25 Å². The number of aryl methyl sites for hydroxylation is 2. The number of carboxylic acid groups (broad SMARTS) is 1. The fraction of sp³-hybridized carbons (Fsp3) is 0.200. The van der Waals surface area contributed by atoms with E-state index in [2.05, 4.69) is 80.0 Å². The molecule has 25 heavy (non-hydrogen) atoms. The molecule has 130 valence electrons. The van der Waals surface area contributed by atoms with Crippen molar-refractivity contribution in [3.05, 3.63) is 66.1 Å². The molecule has 2 aromatic carbocycles. The van der Waals surface area contributed by atoms with Crippen molar-refractivity contribution in [2.75, 3.05) is 0 Å². The van der Waals surface area contributed by atoms with E-state index in [0.29, 0.717) is 0 Å². The Balaban J connectivity index is 0.000000326. The third-order valence-corrected chi connectivity index (χ3v) is 3.78. The van der Waals surface area contributed by atoms with Gasteiger partial charge < -0.3 is 9.52 Å². The standard InChI is InChI=1S/C17H15NO.C3H6O2S/c1-12-3-7-14(8-4-12)16-17(19-11-18-16)15-9-5-13(2)6-10-15;1-2(6)3(4)5/h3-11H,1-2H3;2,6H,1H3,(H,4,5). The van der Waals surface area contributed by atoms with Crippen LogP contribution in [-0.2, 0) is 4.79 Å². The van der Waals surface area contributed by atoms with Crippen molar-refractivity contribution >= 4 is 18.6 Å². The van der Waals surface area contributed by atoms with Gasteiger partial charge in [-0.2, -0.15) is 12.6 Å². The van der Waals surface area contributed by atoms with E-state index in [1.165, 1.54) is 24.4 Å². The molecule has 0 aliphatic carbocycles. The summed E-state index contributed by atoms with van der Waals surface area (Å²) < 4.78 is 5.56. The summed E-state index contributed by atoms with van der Waals surface area (Å²) in [5, 5.41) is 7.38. The van der Waals surface area contributed by atoms with Crippen LogP contribution in [0.4, 0.5) is 0 Å². The van der Waals surface area contributed by atoms with Crippen LogP contribution >= 0.6 is 12.6 Å². The Kier molecular flexibility index (Phi) is 6.42. The molecular formula is C20H21NO3S. The van der Waals surface area contributed by atoms with E-state index in [0.717, 1.165) is 22.6 Å². The van der Waals surface area contributed by atoms with Crippen molar-refractivity contribution in [2.24, 2.45) is 0 Å². The highest BCUT2D eigenvalue weighted by molar-refractivity contribution is 7.81. The predicted octanol–water partition coefficient (Wildman–Crippen LogP) is 5.01. The number of hydrogen-bond acceptors (Lipinski definition) is 4. The summed E-state index contributed by atoms with van der Waals surface area (Å²) in [6.45, 7) is 5.66. The molecule has 3 aromatic rings. The summed E-state index contributed by atoms with van der Waals surface area (Å²) in [6, 6.07) is 16.6. The highest BCUT2D eigenvalue weighted by Gasteiger charge is 2.12. The molecule has 1 unspecified atom stereocenters. The average Bonchev–Trinajstić information content (AvgIpc) is 3.06. The quantitative estimate of drug-likeness (QED) is 0.648. The van der Waals surface area contributed by atoms with Gasteiger partial charge in [-0.1, -0.05) is 59.7 Å². The molecular weight excluding hydrogens is 334 g/mol. The molecule has 0 aliphatic rings. The van der Waals surface area contributed by atoms with Crippen molar-refractivity contribution in [3.8, 4) is 22.6 Å². The molecule has 3 rings (SSSR count). The molecule has 0 saturated carbocycles. The van der Waals surface area contributed by atoms with Crippen LogP contribution in [0.2, 0.25) is 0 Å². The smallest absolute Gasteiger partial charge is 0.316 e. The van der Waals surface area contributed by atoms with Gasteiger partial charge in [-0.05, 0) is 20.8 Å². The molecule has 1 heterocycles. The Morgan fingerprint density at radius 3 is 1.88 bits per heavy atom. The van der Waals surface area contributed by atoms with Gasteiger partial charge in [0.2, 0.25) is 0 Å². The Labute approximate surface area is 153 Å². The lowest BCUT2D eigenvalue weighted by atomic mass is 10.0. The van der Waals surface area contributed by atoms with Crippen molar-refractivity contribution in [2.45, 2.75) is 26.0 Å². The van der Waals surface area contributed by atoms with Crippen LogP contribution in [-0.4, -0.2) is 21.3 Å². The molecule has 0 amide bonds. The number of nitrogens with zero attached hydrogens (tertiary/aromatic N) is 1. The van der Waals surface area contributed by atoms with E-state index < -0.39 is 11.2 Å². The number of carboxylic acids is 1. The lowest BCUT2D eigenvalue weighted by Crippen LogP contribution is -2.06. The SMILES string of the molecule is CC(S)C(=O)O.Cc1ccc(-c2ncoc2-c2ccc(C)cc2)cc1. The van der Waals surface area contributed by atoms with Crippen LogP contribution in [0.15, 0.2) is 59.3 Å². The zero-order chi connectivity index (χ0) is 18.4. The molecule has 0 radical (unpaired) electrons. The molecule has 0 fully saturated rings. The number of carbonyl (C=O) groups is 1. The Hall–Kier alpha value is -2.53.